The zero-order valence-electron chi connectivity index (χ0n) is 11.6. The third-order valence-corrected chi connectivity index (χ3v) is 1.94. The third kappa shape index (κ3) is 6.73. The quantitative estimate of drug-likeness (QED) is 0.228. The molecule has 108 valence electrons. The van der Waals surface area contributed by atoms with Crippen molar-refractivity contribution >= 4 is 11.7 Å². The Bertz CT molecular complexity index is 379. The van der Waals surface area contributed by atoms with Gasteiger partial charge in [0, 0.05) is 0 Å². The Balaban J connectivity index is 4.78. The van der Waals surface area contributed by atoms with Gasteiger partial charge in [-0.15, -0.1) is 0 Å². The van der Waals surface area contributed by atoms with Crippen molar-refractivity contribution in [3.63, 3.8) is 0 Å². The average molecular weight is 271 g/mol. The van der Waals surface area contributed by atoms with E-state index in [2.05, 4.69) is 5.16 Å². The van der Waals surface area contributed by atoms with E-state index in [1.807, 2.05) is 0 Å². The standard InChI is InChI=1S/C13H21NO5/c1-5-6-7-8-9(14-18)10(15)11(16)12(17)19-13(2,3)4/h5-8,10-11,15-16,18H,1-4H3/b6-5-,8-7-,14-9-/t10-,11+/m0/s1. The highest BCUT2D eigenvalue weighted by Gasteiger charge is 2.31. The smallest absolute Gasteiger partial charge is 0.338 e. The Morgan fingerprint density at radius 1 is 1.21 bits per heavy atom. The molecule has 0 radical (unpaired) electrons. The van der Waals surface area contributed by atoms with Crippen LogP contribution in [0.3, 0.4) is 0 Å². The van der Waals surface area contributed by atoms with Gasteiger partial charge in [0.25, 0.3) is 0 Å². The van der Waals surface area contributed by atoms with Crippen LogP contribution in [0.2, 0.25) is 0 Å². The molecule has 6 heteroatoms. The van der Waals surface area contributed by atoms with Crippen molar-refractivity contribution in [1.29, 1.82) is 0 Å². The van der Waals surface area contributed by atoms with E-state index >= 15 is 0 Å². The van der Waals surface area contributed by atoms with E-state index in [4.69, 9.17) is 9.94 Å². The molecule has 2 atom stereocenters. The third-order valence-electron chi connectivity index (χ3n) is 1.94. The topological polar surface area (TPSA) is 99.4 Å². The van der Waals surface area contributed by atoms with E-state index in [-0.39, 0.29) is 5.71 Å². The van der Waals surface area contributed by atoms with Crippen molar-refractivity contribution in [3.8, 4) is 0 Å². The van der Waals surface area contributed by atoms with Gasteiger partial charge in [0.2, 0.25) is 0 Å². The summed E-state index contributed by atoms with van der Waals surface area (Å²) in [7, 11) is 0. The number of ether oxygens (including phenoxy) is 1. The van der Waals surface area contributed by atoms with Crippen LogP contribution in [0.1, 0.15) is 27.7 Å². The number of nitrogens with zero attached hydrogens (tertiary/aromatic N) is 1. The van der Waals surface area contributed by atoms with E-state index in [1.165, 1.54) is 12.2 Å². The summed E-state index contributed by atoms with van der Waals surface area (Å²) in [5, 5.41) is 31.0. The first-order valence-corrected chi connectivity index (χ1v) is 5.83. The highest BCUT2D eigenvalue weighted by Crippen LogP contribution is 2.10. The first-order valence-electron chi connectivity index (χ1n) is 5.83. The van der Waals surface area contributed by atoms with E-state index in [1.54, 1.807) is 39.8 Å². The molecule has 0 aromatic carbocycles. The van der Waals surface area contributed by atoms with Crippen molar-refractivity contribution < 1.29 is 25.0 Å². The normalized spacial score (nSPS) is 16.8. The molecular weight excluding hydrogens is 250 g/mol. The Labute approximate surface area is 112 Å². The number of aliphatic hydroxyl groups is 2. The molecule has 0 unspecified atom stereocenters. The average Bonchev–Trinajstić information content (AvgIpc) is 2.31. The van der Waals surface area contributed by atoms with Gasteiger partial charge in [-0.1, -0.05) is 23.4 Å². The van der Waals surface area contributed by atoms with Gasteiger partial charge in [0.1, 0.15) is 17.4 Å². The first kappa shape index (κ1) is 17.3. The molecule has 6 nitrogen and oxygen atoms in total. The summed E-state index contributed by atoms with van der Waals surface area (Å²) in [4.78, 5) is 11.5. The molecule has 0 aliphatic carbocycles. The minimum atomic E-state index is -1.82. The van der Waals surface area contributed by atoms with Crippen LogP contribution in [0.15, 0.2) is 29.5 Å². The zero-order chi connectivity index (χ0) is 15.1. The molecule has 0 aromatic rings. The SMILES string of the molecule is C\C=C/C=C\C(=N\O)[C@H](O)[C@@H](O)C(=O)OC(C)(C)C. The lowest BCUT2D eigenvalue weighted by Crippen LogP contribution is -2.42. The number of oxime groups is 1. The molecule has 0 amide bonds. The van der Waals surface area contributed by atoms with Crippen LogP contribution in [0.5, 0.6) is 0 Å². The van der Waals surface area contributed by atoms with Crippen molar-refractivity contribution in [2.24, 2.45) is 5.16 Å². The number of rotatable bonds is 5. The molecule has 0 aromatic heterocycles. The number of carbonyl (C=O) groups excluding carboxylic acids is 1. The van der Waals surface area contributed by atoms with Crippen LogP contribution >= 0.6 is 0 Å². The summed E-state index contributed by atoms with van der Waals surface area (Å²) in [5.41, 5.74) is -1.02. The van der Waals surface area contributed by atoms with Gasteiger partial charge in [-0.05, 0) is 33.8 Å². The van der Waals surface area contributed by atoms with Gasteiger partial charge in [-0.3, -0.25) is 0 Å². The molecule has 0 spiro atoms. The Morgan fingerprint density at radius 2 is 1.79 bits per heavy atom. The lowest BCUT2D eigenvalue weighted by atomic mass is 10.1. The van der Waals surface area contributed by atoms with Crippen molar-refractivity contribution in [3.05, 3.63) is 24.3 Å². The van der Waals surface area contributed by atoms with Crippen LogP contribution in [0.4, 0.5) is 0 Å². The van der Waals surface area contributed by atoms with Gasteiger partial charge in [0.05, 0.1) is 0 Å². The molecule has 0 rings (SSSR count). The number of esters is 1. The minimum Gasteiger partial charge on any atom is -0.458 e. The molecule has 0 fully saturated rings. The molecule has 19 heavy (non-hydrogen) atoms. The summed E-state index contributed by atoms with van der Waals surface area (Å²) in [6, 6.07) is 0. The highest BCUT2D eigenvalue weighted by atomic mass is 16.6. The van der Waals surface area contributed by atoms with Gasteiger partial charge in [-0.25, -0.2) is 4.79 Å². The highest BCUT2D eigenvalue weighted by molar-refractivity contribution is 6.01. The fraction of sp³-hybridized carbons (Fsp3) is 0.538. The monoisotopic (exact) mass is 271 g/mol. The summed E-state index contributed by atoms with van der Waals surface area (Å²) in [5.74, 6) is -0.986. The maximum atomic E-state index is 11.5. The van der Waals surface area contributed by atoms with E-state index in [9.17, 15) is 15.0 Å². The van der Waals surface area contributed by atoms with Gasteiger partial charge >= 0.3 is 5.97 Å². The van der Waals surface area contributed by atoms with Crippen molar-refractivity contribution in [2.45, 2.75) is 45.5 Å². The van der Waals surface area contributed by atoms with Gasteiger partial charge in [0.15, 0.2) is 6.10 Å². The van der Waals surface area contributed by atoms with Gasteiger partial charge in [-0.2, -0.15) is 0 Å². The molecule has 0 aliphatic rings. The van der Waals surface area contributed by atoms with Crippen LogP contribution in [-0.4, -0.2) is 44.9 Å². The van der Waals surface area contributed by atoms with Crippen LogP contribution in [-0.2, 0) is 9.53 Å². The van der Waals surface area contributed by atoms with Crippen LogP contribution < -0.4 is 0 Å². The molecule has 0 aliphatic heterocycles. The fourth-order valence-corrected chi connectivity index (χ4v) is 1.11. The number of hydrogen-bond acceptors (Lipinski definition) is 6. The second-order valence-electron chi connectivity index (χ2n) is 4.83. The second-order valence-corrected chi connectivity index (χ2v) is 4.83. The van der Waals surface area contributed by atoms with Gasteiger partial charge < -0.3 is 20.2 Å². The Hall–Kier alpha value is -1.66. The van der Waals surface area contributed by atoms with Crippen molar-refractivity contribution in [2.75, 3.05) is 0 Å². The van der Waals surface area contributed by atoms with Crippen LogP contribution in [0.25, 0.3) is 0 Å². The molecule has 0 heterocycles. The Morgan fingerprint density at radius 3 is 2.21 bits per heavy atom. The predicted molar refractivity (Wildman–Crippen MR) is 71.0 cm³/mol. The molecule has 3 N–H and O–H groups in total. The number of aliphatic hydroxyl groups excluding tert-OH is 2. The molecule has 0 bridgehead atoms. The number of allylic oxidation sites excluding steroid dienone is 3. The van der Waals surface area contributed by atoms with E-state index in [0.29, 0.717) is 0 Å². The Kier molecular flexibility index (Phi) is 7.03. The van der Waals surface area contributed by atoms with E-state index in [0.717, 1.165) is 0 Å². The predicted octanol–water partition coefficient (Wildman–Crippen LogP) is 1.01. The lowest BCUT2D eigenvalue weighted by molar-refractivity contribution is -0.168. The number of hydrogen-bond donors (Lipinski definition) is 3. The zero-order valence-corrected chi connectivity index (χ0v) is 11.6. The largest absolute Gasteiger partial charge is 0.458 e. The minimum absolute atomic E-state index is 0.239. The maximum Gasteiger partial charge on any atom is 0.338 e. The fourth-order valence-electron chi connectivity index (χ4n) is 1.11. The van der Waals surface area contributed by atoms with E-state index < -0.39 is 23.8 Å². The maximum absolute atomic E-state index is 11.5. The van der Waals surface area contributed by atoms with Crippen molar-refractivity contribution in [1.82, 2.24) is 0 Å². The second kappa shape index (κ2) is 7.70. The summed E-state index contributed by atoms with van der Waals surface area (Å²) in [6.45, 7) is 6.69. The first-order chi connectivity index (χ1) is 8.72. The number of carbonyl (C=O) groups is 1. The summed E-state index contributed by atoms with van der Waals surface area (Å²) < 4.78 is 4.92. The molecular formula is C13H21NO5. The molecule has 0 saturated carbocycles. The molecule has 0 saturated heterocycles. The summed E-state index contributed by atoms with van der Waals surface area (Å²) in [6.07, 6.45) is 2.65. The summed E-state index contributed by atoms with van der Waals surface area (Å²) >= 11 is 0. The van der Waals surface area contributed by atoms with Crippen LogP contribution in [0, 0.1) is 0 Å². The lowest BCUT2D eigenvalue weighted by Gasteiger charge is -2.23.